The zero-order chi connectivity index (χ0) is 30.9. The predicted octanol–water partition coefficient (Wildman–Crippen LogP) is 5.87. The van der Waals surface area contributed by atoms with Crippen molar-refractivity contribution >= 4 is 29.4 Å². The van der Waals surface area contributed by atoms with E-state index in [1.807, 2.05) is 47.4 Å². The summed E-state index contributed by atoms with van der Waals surface area (Å²) in [5.41, 5.74) is 2.85. The summed E-state index contributed by atoms with van der Waals surface area (Å²) in [7, 11) is 0. The number of rotatable bonds is 13. The van der Waals surface area contributed by atoms with Crippen LogP contribution in [-0.4, -0.2) is 64.1 Å². The maximum atomic E-state index is 14.2. The molecule has 4 aromatic rings. The molecule has 1 aliphatic heterocycles. The van der Waals surface area contributed by atoms with E-state index in [1.165, 1.54) is 17.2 Å². The van der Waals surface area contributed by atoms with Crippen LogP contribution in [0.15, 0.2) is 85.1 Å². The summed E-state index contributed by atoms with van der Waals surface area (Å²) in [5, 5.41) is 10.2. The monoisotopic (exact) mass is 616 g/mol. The molecule has 0 saturated carbocycles. The van der Waals surface area contributed by atoms with Gasteiger partial charge in [-0.3, -0.25) is 9.59 Å². The quantitative estimate of drug-likeness (QED) is 0.201. The number of aryl methyl sites for hydroxylation is 2. The van der Waals surface area contributed by atoms with E-state index >= 15 is 0 Å². The van der Waals surface area contributed by atoms with Crippen LogP contribution in [0, 0.1) is 5.82 Å². The Hall–Kier alpha value is -4.50. The number of benzene rings is 3. The molecule has 0 aliphatic carbocycles. The molecular formula is C34H34ClFN4O4. The highest BCUT2D eigenvalue weighted by molar-refractivity contribution is 6.30. The van der Waals surface area contributed by atoms with Crippen LogP contribution >= 0.6 is 11.6 Å². The molecular weight excluding hydrogens is 583 g/mol. The number of hydrogen-bond acceptors (Lipinski definition) is 6. The fourth-order valence-electron chi connectivity index (χ4n) is 5.34. The first-order valence-electron chi connectivity index (χ1n) is 14.7. The maximum absolute atomic E-state index is 14.2. The minimum Gasteiger partial charge on any atom is -0.488 e. The molecule has 3 aromatic carbocycles. The molecule has 1 saturated heterocycles. The number of amides is 1. The van der Waals surface area contributed by atoms with E-state index < -0.39 is 24.2 Å². The highest BCUT2D eigenvalue weighted by Gasteiger charge is 2.30. The Labute approximate surface area is 261 Å². The van der Waals surface area contributed by atoms with Crippen molar-refractivity contribution in [2.45, 2.75) is 38.1 Å². The molecule has 44 heavy (non-hydrogen) atoms. The van der Waals surface area contributed by atoms with Gasteiger partial charge in [0.1, 0.15) is 13.2 Å². The van der Waals surface area contributed by atoms with Gasteiger partial charge < -0.3 is 19.6 Å². The molecule has 10 heteroatoms. The molecule has 228 valence electrons. The summed E-state index contributed by atoms with van der Waals surface area (Å²) in [6.07, 6.45) is 4.80. The lowest BCUT2D eigenvalue weighted by atomic mass is 10.0. The minimum atomic E-state index is -1.10. The zero-order valence-corrected chi connectivity index (χ0v) is 25.0. The van der Waals surface area contributed by atoms with Gasteiger partial charge >= 0.3 is 5.97 Å². The number of para-hydroxylation sites is 1. The van der Waals surface area contributed by atoms with Crippen LogP contribution < -0.4 is 9.64 Å². The summed E-state index contributed by atoms with van der Waals surface area (Å²) in [5.74, 6) is -1.29. The number of carbonyl (C=O) groups excluding carboxylic acids is 1. The Morgan fingerprint density at radius 2 is 1.70 bits per heavy atom. The van der Waals surface area contributed by atoms with Crippen molar-refractivity contribution in [2.75, 3.05) is 31.1 Å². The standard InChI is InChI=1S/C34H34ClFN4O4/c35-26-15-12-25(13-16-26)18-20-39(22-32(41)42)33(43)28-21-37-34(38-30(28)17-14-24-7-2-1-3-8-24)40-19-6-9-27(40)23-44-31-11-5-4-10-29(31)36/h1-5,7-8,10-13,15-16,21,27H,6,9,14,17-20,22-23H2,(H,41,42)/t27-/m0/s1. The van der Waals surface area contributed by atoms with E-state index in [9.17, 15) is 19.1 Å². The van der Waals surface area contributed by atoms with Gasteiger partial charge in [-0.15, -0.1) is 0 Å². The number of carboxylic acid groups (broad SMARTS) is 1. The molecule has 1 aliphatic rings. The van der Waals surface area contributed by atoms with Gasteiger partial charge in [-0.1, -0.05) is 66.2 Å². The van der Waals surface area contributed by atoms with Crippen LogP contribution in [0.2, 0.25) is 5.02 Å². The molecule has 1 fully saturated rings. The van der Waals surface area contributed by atoms with E-state index in [4.69, 9.17) is 21.3 Å². The van der Waals surface area contributed by atoms with E-state index in [0.29, 0.717) is 42.5 Å². The average molecular weight is 617 g/mol. The van der Waals surface area contributed by atoms with Crippen molar-refractivity contribution in [3.05, 3.63) is 118 Å². The molecule has 1 atom stereocenters. The van der Waals surface area contributed by atoms with E-state index in [-0.39, 0.29) is 30.5 Å². The predicted molar refractivity (Wildman–Crippen MR) is 167 cm³/mol. The van der Waals surface area contributed by atoms with Gasteiger partial charge in [0, 0.05) is 24.3 Å². The number of carbonyl (C=O) groups is 2. The Bertz CT molecular complexity index is 1570. The summed E-state index contributed by atoms with van der Waals surface area (Å²) >= 11 is 6.00. The molecule has 0 radical (unpaired) electrons. The van der Waals surface area contributed by atoms with Gasteiger partial charge in [-0.05, 0) is 67.5 Å². The third-order valence-corrected chi connectivity index (χ3v) is 7.93. The lowest BCUT2D eigenvalue weighted by molar-refractivity contribution is -0.137. The third kappa shape index (κ3) is 8.11. The highest BCUT2D eigenvalue weighted by Crippen LogP contribution is 2.26. The van der Waals surface area contributed by atoms with Crippen LogP contribution in [0.1, 0.15) is 40.0 Å². The fraction of sp³-hybridized carbons (Fsp3) is 0.294. The van der Waals surface area contributed by atoms with Crippen LogP contribution in [0.4, 0.5) is 10.3 Å². The molecule has 1 N–H and O–H groups in total. The second-order valence-electron chi connectivity index (χ2n) is 10.7. The van der Waals surface area contributed by atoms with Crippen molar-refractivity contribution in [1.82, 2.24) is 14.9 Å². The van der Waals surface area contributed by atoms with Crippen molar-refractivity contribution in [3.63, 3.8) is 0 Å². The molecule has 1 amide bonds. The second-order valence-corrected chi connectivity index (χ2v) is 11.2. The molecule has 8 nitrogen and oxygen atoms in total. The van der Waals surface area contributed by atoms with Crippen LogP contribution in [0.5, 0.6) is 5.75 Å². The number of hydrogen-bond donors (Lipinski definition) is 1. The SMILES string of the molecule is O=C(O)CN(CCc1ccc(Cl)cc1)C(=O)c1cnc(N2CCC[C@H]2COc2ccccc2F)nc1CCc1ccccc1. The van der Waals surface area contributed by atoms with Gasteiger partial charge in [-0.25, -0.2) is 14.4 Å². The molecule has 1 aromatic heterocycles. The smallest absolute Gasteiger partial charge is 0.323 e. The third-order valence-electron chi connectivity index (χ3n) is 7.68. The summed E-state index contributed by atoms with van der Waals surface area (Å²) in [6, 6.07) is 23.4. The summed E-state index contributed by atoms with van der Waals surface area (Å²) < 4.78 is 20.0. The van der Waals surface area contributed by atoms with E-state index in [2.05, 4.69) is 4.98 Å². The van der Waals surface area contributed by atoms with Crippen molar-refractivity contribution in [1.29, 1.82) is 0 Å². The largest absolute Gasteiger partial charge is 0.488 e. The van der Waals surface area contributed by atoms with Crippen LogP contribution in [-0.2, 0) is 24.1 Å². The Morgan fingerprint density at radius 1 is 0.977 bits per heavy atom. The highest BCUT2D eigenvalue weighted by atomic mass is 35.5. The van der Waals surface area contributed by atoms with Gasteiger partial charge in [0.25, 0.3) is 5.91 Å². The zero-order valence-electron chi connectivity index (χ0n) is 24.2. The number of carboxylic acids is 1. The number of ether oxygens (including phenoxy) is 1. The Morgan fingerprint density at radius 3 is 2.45 bits per heavy atom. The van der Waals surface area contributed by atoms with E-state index in [1.54, 1.807) is 30.3 Å². The second kappa shape index (κ2) is 14.8. The first kappa shape index (κ1) is 30.9. The first-order valence-corrected chi connectivity index (χ1v) is 15.0. The van der Waals surface area contributed by atoms with Gasteiger partial charge in [0.15, 0.2) is 11.6 Å². The fourth-order valence-corrected chi connectivity index (χ4v) is 5.47. The lowest BCUT2D eigenvalue weighted by Crippen LogP contribution is -2.39. The Kier molecular flexibility index (Phi) is 10.4. The molecule has 5 rings (SSSR count). The topological polar surface area (TPSA) is 95.9 Å². The van der Waals surface area contributed by atoms with Crippen LogP contribution in [0.3, 0.4) is 0 Å². The molecule has 0 spiro atoms. The summed E-state index contributed by atoms with van der Waals surface area (Å²) in [6.45, 7) is 0.715. The van der Waals surface area contributed by atoms with Gasteiger partial charge in [0.05, 0.1) is 17.3 Å². The lowest BCUT2D eigenvalue weighted by Gasteiger charge is -2.26. The van der Waals surface area contributed by atoms with E-state index in [0.717, 1.165) is 24.0 Å². The molecule has 0 bridgehead atoms. The number of aliphatic carboxylic acids is 1. The number of aromatic nitrogens is 2. The normalized spacial score (nSPS) is 14.4. The summed E-state index contributed by atoms with van der Waals surface area (Å²) in [4.78, 5) is 38.5. The maximum Gasteiger partial charge on any atom is 0.323 e. The van der Waals surface area contributed by atoms with Crippen LogP contribution in [0.25, 0.3) is 0 Å². The number of anilines is 1. The van der Waals surface area contributed by atoms with Gasteiger partial charge in [0.2, 0.25) is 5.95 Å². The Balaban J connectivity index is 1.39. The van der Waals surface area contributed by atoms with Crippen molar-refractivity contribution in [2.24, 2.45) is 0 Å². The molecule has 2 heterocycles. The molecule has 0 unspecified atom stereocenters. The van der Waals surface area contributed by atoms with Gasteiger partial charge in [-0.2, -0.15) is 0 Å². The number of nitrogens with zero attached hydrogens (tertiary/aromatic N) is 4. The number of halogens is 2. The average Bonchev–Trinajstić information content (AvgIpc) is 3.51. The first-order chi connectivity index (χ1) is 21.4. The van der Waals surface area contributed by atoms with Crippen molar-refractivity contribution < 1.29 is 23.8 Å². The minimum absolute atomic E-state index is 0.0685. The van der Waals surface area contributed by atoms with Crippen molar-refractivity contribution in [3.8, 4) is 5.75 Å².